The van der Waals surface area contributed by atoms with Gasteiger partial charge in [-0.2, -0.15) is 0 Å². The van der Waals surface area contributed by atoms with Crippen molar-refractivity contribution in [2.45, 2.75) is 19.8 Å². The standard InChI is InChI=1S/C16H14N2O2/c1-2-4-14(19)20-13-9-8-12-7-6-11-5-3-10-17-15(11)16(12)18-13/h3,5-10H,2,4H2,1H3. The van der Waals surface area contributed by atoms with E-state index in [1.807, 2.05) is 37.3 Å². The molecule has 4 heteroatoms. The quantitative estimate of drug-likeness (QED) is 0.538. The van der Waals surface area contributed by atoms with E-state index in [9.17, 15) is 4.79 Å². The lowest BCUT2D eigenvalue weighted by atomic mass is 10.1. The van der Waals surface area contributed by atoms with Crippen LogP contribution in [0.4, 0.5) is 0 Å². The summed E-state index contributed by atoms with van der Waals surface area (Å²) in [4.78, 5) is 20.3. The number of pyridine rings is 2. The fourth-order valence-corrected chi connectivity index (χ4v) is 2.13. The zero-order chi connectivity index (χ0) is 13.9. The Morgan fingerprint density at radius 3 is 2.65 bits per heavy atom. The Morgan fingerprint density at radius 1 is 1.10 bits per heavy atom. The summed E-state index contributed by atoms with van der Waals surface area (Å²) in [7, 11) is 0. The van der Waals surface area contributed by atoms with Crippen LogP contribution in [0, 0.1) is 0 Å². The van der Waals surface area contributed by atoms with Crippen LogP contribution in [0.3, 0.4) is 0 Å². The van der Waals surface area contributed by atoms with Crippen molar-refractivity contribution in [2.24, 2.45) is 0 Å². The van der Waals surface area contributed by atoms with Crippen molar-refractivity contribution in [3.8, 4) is 5.88 Å². The zero-order valence-electron chi connectivity index (χ0n) is 11.2. The van der Waals surface area contributed by atoms with E-state index in [1.54, 1.807) is 12.3 Å². The highest BCUT2D eigenvalue weighted by Crippen LogP contribution is 2.24. The van der Waals surface area contributed by atoms with Crippen LogP contribution in [0.25, 0.3) is 21.8 Å². The number of benzene rings is 1. The predicted octanol–water partition coefficient (Wildman–Crippen LogP) is 3.49. The minimum Gasteiger partial charge on any atom is -0.407 e. The van der Waals surface area contributed by atoms with E-state index in [0.717, 1.165) is 28.2 Å². The molecule has 0 aliphatic rings. The lowest BCUT2D eigenvalue weighted by molar-refractivity contribution is -0.134. The van der Waals surface area contributed by atoms with Gasteiger partial charge in [-0.05, 0) is 18.6 Å². The fraction of sp³-hybridized carbons (Fsp3) is 0.188. The molecule has 3 aromatic rings. The van der Waals surface area contributed by atoms with Crippen LogP contribution in [0.5, 0.6) is 5.88 Å². The Labute approximate surface area is 116 Å². The van der Waals surface area contributed by atoms with Crippen LogP contribution in [0.15, 0.2) is 42.6 Å². The van der Waals surface area contributed by atoms with E-state index in [1.165, 1.54) is 0 Å². The maximum Gasteiger partial charge on any atom is 0.312 e. The molecule has 4 nitrogen and oxygen atoms in total. The van der Waals surface area contributed by atoms with Gasteiger partial charge in [0.1, 0.15) is 5.52 Å². The third kappa shape index (κ3) is 2.32. The van der Waals surface area contributed by atoms with Crippen molar-refractivity contribution in [1.29, 1.82) is 0 Å². The molecule has 0 aliphatic carbocycles. The summed E-state index contributed by atoms with van der Waals surface area (Å²) in [6.07, 6.45) is 2.89. The van der Waals surface area contributed by atoms with E-state index in [-0.39, 0.29) is 5.97 Å². The number of hydrogen-bond acceptors (Lipinski definition) is 4. The van der Waals surface area contributed by atoms with E-state index < -0.39 is 0 Å². The highest BCUT2D eigenvalue weighted by molar-refractivity contribution is 6.02. The van der Waals surface area contributed by atoms with Crippen LogP contribution in [0.2, 0.25) is 0 Å². The van der Waals surface area contributed by atoms with Crippen LogP contribution in [-0.4, -0.2) is 15.9 Å². The first kappa shape index (κ1) is 12.5. The van der Waals surface area contributed by atoms with E-state index in [0.29, 0.717) is 12.3 Å². The van der Waals surface area contributed by atoms with Crippen molar-refractivity contribution < 1.29 is 9.53 Å². The largest absolute Gasteiger partial charge is 0.407 e. The molecule has 0 saturated carbocycles. The molecule has 2 aromatic heterocycles. The van der Waals surface area contributed by atoms with Gasteiger partial charge in [0, 0.05) is 29.5 Å². The van der Waals surface area contributed by atoms with Gasteiger partial charge in [0.15, 0.2) is 0 Å². The normalized spacial score (nSPS) is 10.8. The summed E-state index contributed by atoms with van der Waals surface area (Å²) >= 11 is 0. The van der Waals surface area contributed by atoms with Gasteiger partial charge >= 0.3 is 5.97 Å². The number of esters is 1. The molecule has 0 amide bonds. The monoisotopic (exact) mass is 266 g/mol. The van der Waals surface area contributed by atoms with Crippen molar-refractivity contribution in [1.82, 2.24) is 9.97 Å². The van der Waals surface area contributed by atoms with Crippen LogP contribution < -0.4 is 4.74 Å². The van der Waals surface area contributed by atoms with Crippen LogP contribution in [-0.2, 0) is 4.79 Å². The van der Waals surface area contributed by atoms with Crippen molar-refractivity contribution in [3.63, 3.8) is 0 Å². The molecule has 0 radical (unpaired) electrons. The average molecular weight is 266 g/mol. The number of carbonyl (C=O) groups is 1. The molecule has 3 rings (SSSR count). The molecule has 0 fully saturated rings. The van der Waals surface area contributed by atoms with Gasteiger partial charge in [-0.3, -0.25) is 9.78 Å². The summed E-state index contributed by atoms with van der Waals surface area (Å²) in [6.45, 7) is 1.94. The third-order valence-electron chi connectivity index (χ3n) is 3.08. The lowest BCUT2D eigenvalue weighted by Gasteiger charge is -2.05. The molecule has 0 saturated heterocycles. The highest BCUT2D eigenvalue weighted by atomic mass is 16.5. The molecule has 0 N–H and O–H groups in total. The molecule has 20 heavy (non-hydrogen) atoms. The Hall–Kier alpha value is -2.49. The first-order chi connectivity index (χ1) is 9.78. The number of nitrogens with zero attached hydrogens (tertiary/aromatic N) is 2. The van der Waals surface area contributed by atoms with Crippen LogP contribution >= 0.6 is 0 Å². The molecule has 0 atom stereocenters. The Kier molecular flexibility index (Phi) is 3.29. The van der Waals surface area contributed by atoms with Crippen LogP contribution in [0.1, 0.15) is 19.8 Å². The smallest absolute Gasteiger partial charge is 0.312 e. The van der Waals surface area contributed by atoms with Gasteiger partial charge in [-0.1, -0.05) is 25.1 Å². The molecular formula is C16H14N2O2. The number of ether oxygens (including phenoxy) is 1. The fourth-order valence-electron chi connectivity index (χ4n) is 2.13. The molecular weight excluding hydrogens is 252 g/mol. The minimum absolute atomic E-state index is 0.257. The predicted molar refractivity (Wildman–Crippen MR) is 77.6 cm³/mol. The first-order valence-corrected chi connectivity index (χ1v) is 6.63. The number of aromatic nitrogens is 2. The second-order valence-corrected chi connectivity index (χ2v) is 4.59. The average Bonchev–Trinajstić information content (AvgIpc) is 2.47. The molecule has 100 valence electrons. The Balaban J connectivity index is 2.09. The number of rotatable bonds is 3. The second kappa shape index (κ2) is 5.25. The van der Waals surface area contributed by atoms with Gasteiger partial charge in [0.2, 0.25) is 5.88 Å². The van der Waals surface area contributed by atoms with E-state index in [2.05, 4.69) is 9.97 Å². The summed E-state index contributed by atoms with van der Waals surface area (Å²) in [5, 5.41) is 2.00. The van der Waals surface area contributed by atoms with E-state index in [4.69, 9.17) is 4.74 Å². The zero-order valence-corrected chi connectivity index (χ0v) is 11.2. The Bertz CT molecular complexity index is 784. The highest BCUT2D eigenvalue weighted by Gasteiger charge is 2.08. The molecule has 0 unspecified atom stereocenters. The molecule has 0 aliphatic heterocycles. The summed E-state index contributed by atoms with van der Waals surface area (Å²) in [5.74, 6) is 0.0710. The molecule has 1 aromatic carbocycles. The number of hydrogen-bond donors (Lipinski definition) is 0. The topological polar surface area (TPSA) is 52.1 Å². The van der Waals surface area contributed by atoms with Gasteiger partial charge < -0.3 is 4.74 Å². The Morgan fingerprint density at radius 2 is 1.85 bits per heavy atom. The maximum atomic E-state index is 11.5. The lowest BCUT2D eigenvalue weighted by Crippen LogP contribution is -2.08. The molecule has 0 spiro atoms. The van der Waals surface area contributed by atoms with E-state index >= 15 is 0 Å². The van der Waals surface area contributed by atoms with Gasteiger partial charge in [0.25, 0.3) is 0 Å². The van der Waals surface area contributed by atoms with Crippen molar-refractivity contribution in [2.75, 3.05) is 0 Å². The number of carbonyl (C=O) groups excluding carboxylic acids is 1. The van der Waals surface area contributed by atoms with Gasteiger partial charge in [-0.25, -0.2) is 4.98 Å². The first-order valence-electron chi connectivity index (χ1n) is 6.63. The summed E-state index contributed by atoms with van der Waals surface area (Å²) < 4.78 is 5.23. The van der Waals surface area contributed by atoms with Crippen molar-refractivity contribution >= 4 is 27.8 Å². The maximum absolute atomic E-state index is 11.5. The minimum atomic E-state index is -0.257. The number of fused-ring (bicyclic) bond motifs is 3. The summed E-state index contributed by atoms with van der Waals surface area (Å²) in [5.41, 5.74) is 1.57. The molecule has 0 bridgehead atoms. The van der Waals surface area contributed by atoms with Gasteiger partial charge in [0.05, 0.1) is 5.52 Å². The van der Waals surface area contributed by atoms with Gasteiger partial charge in [-0.15, -0.1) is 0 Å². The molecule has 2 heterocycles. The van der Waals surface area contributed by atoms with Crippen molar-refractivity contribution in [3.05, 3.63) is 42.6 Å². The second-order valence-electron chi connectivity index (χ2n) is 4.59. The summed E-state index contributed by atoms with van der Waals surface area (Å²) in [6, 6.07) is 11.5. The third-order valence-corrected chi connectivity index (χ3v) is 3.08. The SMILES string of the molecule is CCCC(=O)Oc1ccc2ccc3cccnc3c2n1.